The number of carbonyl (C=O) groups excluding carboxylic acids is 2. The molecule has 2 aromatic rings. The molecular formula is C29H28F3NO5. The standard InChI is InChI=1S/C29H28F3NO5/c1-36-27(34)23-10-6-7-17-33(26(23)28(35)37-2)24-18-21(29(30,31)32)13-16-25(24)38-22-14-11-20(12-15-22)19-8-4-3-5-9-19/h6-7,10-19H,3-5,8-9H2,1-2H3. The molecule has 38 heavy (non-hydrogen) atoms. The minimum absolute atomic E-state index is 0.0422. The highest BCUT2D eigenvalue weighted by Gasteiger charge is 2.34. The Bertz CT molecular complexity index is 1270. The maximum atomic E-state index is 13.7. The third kappa shape index (κ3) is 5.93. The summed E-state index contributed by atoms with van der Waals surface area (Å²) in [5.74, 6) is -0.858. The van der Waals surface area contributed by atoms with E-state index in [1.54, 1.807) is 12.1 Å². The van der Waals surface area contributed by atoms with Crippen LogP contribution in [0.2, 0.25) is 0 Å². The van der Waals surface area contributed by atoms with E-state index in [2.05, 4.69) is 0 Å². The van der Waals surface area contributed by atoms with Gasteiger partial charge in [0.05, 0.1) is 31.0 Å². The Kier molecular flexibility index (Phi) is 8.24. The first-order valence-corrected chi connectivity index (χ1v) is 12.3. The normalized spacial score (nSPS) is 16.3. The molecule has 2 aliphatic rings. The topological polar surface area (TPSA) is 65.1 Å². The number of hydrogen-bond acceptors (Lipinski definition) is 6. The molecule has 0 amide bonds. The lowest BCUT2D eigenvalue weighted by molar-refractivity contribution is -0.139. The van der Waals surface area contributed by atoms with Gasteiger partial charge in [-0.15, -0.1) is 0 Å². The SMILES string of the molecule is COC(=O)C1=C(C(=O)OC)N(c2cc(C(F)(F)F)ccc2Oc2ccc(C3CCCCC3)cc2)C=CC=C1. The molecule has 1 fully saturated rings. The fourth-order valence-corrected chi connectivity index (χ4v) is 4.69. The predicted molar refractivity (Wildman–Crippen MR) is 136 cm³/mol. The maximum Gasteiger partial charge on any atom is 0.416 e. The molecule has 1 saturated carbocycles. The van der Waals surface area contributed by atoms with Crippen LogP contribution in [0.15, 0.2) is 78.2 Å². The van der Waals surface area contributed by atoms with Crippen molar-refractivity contribution in [2.75, 3.05) is 19.1 Å². The summed E-state index contributed by atoms with van der Waals surface area (Å²) in [4.78, 5) is 26.4. The zero-order valence-corrected chi connectivity index (χ0v) is 21.1. The van der Waals surface area contributed by atoms with Crippen LogP contribution in [0.1, 0.15) is 49.1 Å². The summed E-state index contributed by atoms with van der Waals surface area (Å²) in [6, 6.07) is 10.5. The zero-order valence-electron chi connectivity index (χ0n) is 21.1. The van der Waals surface area contributed by atoms with E-state index in [9.17, 15) is 22.8 Å². The van der Waals surface area contributed by atoms with E-state index in [4.69, 9.17) is 14.2 Å². The van der Waals surface area contributed by atoms with Crippen molar-refractivity contribution in [2.24, 2.45) is 0 Å². The number of ether oxygens (including phenoxy) is 3. The quantitative estimate of drug-likeness (QED) is 0.376. The van der Waals surface area contributed by atoms with Gasteiger partial charge < -0.3 is 19.1 Å². The van der Waals surface area contributed by atoms with E-state index < -0.39 is 23.7 Å². The number of alkyl halides is 3. The number of methoxy groups -OCH3 is 2. The van der Waals surface area contributed by atoms with Crippen molar-refractivity contribution in [2.45, 2.75) is 44.2 Å². The molecule has 200 valence electrons. The Morgan fingerprint density at radius 1 is 0.895 bits per heavy atom. The van der Waals surface area contributed by atoms with Crippen LogP contribution in [-0.2, 0) is 25.2 Å². The molecule has 0 spiro atoms. The summed E-state index contributed by atoms with van der Waals surface area (Å²) in [5.41, 5.74) is -0.379. The number of carbonyl (C=O) groups is 2. The molecule has 0 atom stereocenters. The summed E-state index contributed by atoms with van der Waals surface area (Å²) in [5, 5.41) is 0. The van der Waals surface area contributed by atoms with Gasteiger partial charge in [-0.2, -0.15) is 13.2 Å². The van der Waals surface area contributed by atoms with Gasteiger partial charge >= 0.3 is 18.1 Å². The van der Waals surface area contributed by atoms with Crippen molar-refractivity contribution in [1.29, 1.82) is 0 Å². The smallest absolute Gasteiger partial charge is 0.416 e. The molecule has 0 saturated heterocycles. The van der Waals surface area contributed by atoms with Gasteiger partial charge in [-0.1, -0.05) is 37.5 Å². The number of allylic oxidation sites excluding steroid dienone is 2. The van der Waals surface area contributed by atoms with E-state index in [0.717, 1.165) is 44.1 Å². The molecule has 4 rings (SSSR count). The van der Waals surface area contributed by atoms with E-state index in [1.807, 2.05) is 12.1 Å². The second-order valence-electron chi connectivity index (χ2n) is 9.00. The number of benzene rings is 2. The molecule has 0 bridgehead atoms. The van der Waals surface area contributed by atoms with Crippen LogP contribution in [0.3, 0.4) is 0 Å². The number of hydrogen-bond donors (Lipinski definition) is 0. The van der Waals surface area contributed by atoms with Crippen molar-refractivity contribution in [3.63, 3.8) is 0 Å². The minimum atomic E-state index is -4.66. The second-order valence-corrected chi connectivity index (χ2v) is 9.00. The van der Waals surface area contributed by atoms with Crippen molar-refractivity contribution < 1.29 is 37.0 Å². The summed E-state index contributed by atoms with van der Waals surface area (Å²) in [7, 11) is 2.24. The van der Waals surface area contributed by atoms with Crippen LogP contribution >= 0.6 is 0 Å². The van der Waals surface area contributed by atoms with Crippen molar-refractivity contribution in [3.05, 3.63) is 89.3 Å². The van der Waals surface area contributed by atoms with E-state index >= 15 is 0 Å². The van der Waals surface area contributed by atoms with Crippen LogP contribution in [0.4, 0.5) is 18.9 Å². The van der Waals surface area contributed by atoms with Crippen molar-refractivity contribution in [3.8, 4) is 11.5 Å². The monoisotopic (exact) mass is 527 g/mol. The number of anilines is 1. The lowest BCUT2D eigenvalue weighted by Gasteiger charge is -2.26. The molecule has 6 nitrogen and oxygen atoms in total. The third-order valence-electron chi connectivity index (χ3n) is 6.62. The summed E-state index contributed by atoms with van der Waals surface area (Å²) >= 11 is 0. The molecule has 0 unspecified atom stereocenters. The third-order valence-corrected chi connectivity index (χ3v) is 6.62. The largest absolute Gasteiger partial charge is 0.465 e. The Labute approximate surface area is 219 Å². The average molecular weight is 528 g/mol. The van der Waals surface area contributed by atoms with Gasteiger partial charge in [0.1, 0.15) is 11.4 Å². The molecule has 1 heterocycles. The lowest BCUT2D eigenvalue weighted by atomic mass is 9.84. The summed E-state index contributed by atoms with van der Waals surface area (Å²) < 4.78 is 56.8. The van der Waals surface area contributed by atoms with Gasteiger partial charge in [-0.3, -0.25) is 0 Å². The molecule has 1 aliphatic heterocycles. The minimum Gasteiger partial charge on any atom is -0.465 e. The summed E-state index contributed by atoms with van der Waals surface area (Å²) in [6.45, 7) is 0. The number of nitrogens with zero attached hydrogens (tertiary/aromatic N) is 1. The van der Waals surface area contributed by atoms with Crippen LogP contribution in [0, 0.1) is 0 Å². The molecular weight excluding hydrogens is 499 g/mol. The maximum absolute atomic E-state index is 13.7. The highest BCUT2D eigenvalue weighted by molar-refractivity contribution is 6.05. The van der Waals surface area contributed by atoms with E-state index in [0.29, 0.717) is 11.7 Å². The molecule has 9 heteroatoms. The van der Waals surface area contributed by atoms with Gasteiger partial charge in [0.25, 0.3) is 0 Å². The van der Waals surface area contributed by atoms with Crippen molar-refractivity contribution in [1.82, 2.24) is 0 Å². The van der Waals surface area contributed by atoms with Gasteiger partial charge in [-0.25, -0.2) is 9.59 Å². The molecule has 1 aliphatic carbocycles. The average Bonchev–Trinajstić information content (AvgIpc) is 3.16. The van der Waals surface area contributed by atoms with Gasteiger partial charge in [0.15, 0.2) is 5.75 Å². The van der Waals surface area contributed by atoms with Gasteiger partial charge in [0.2, 0.25) is 0 Å². The van der Waals surface area contributed by atoms with Crippen molar-refractivity contribution >= 4 is 17.6 Å². The Morgan fingerprint density at radius 2 is 1.58 bits per heavy atom. The number of rotatable bonds is 6. The first-order chi connectivity index (χ1) is 18.2. The number of halogens is 3. The predicted octanol–water partition coefficient (Wildman–Crippen LogP) is 7.04. The number of esters is 2. The Morgan fingerprint density at radius 3 is 2.21 bits per heavy atom. The first-order valence-electron chi connectivity index (χ1n) is 12.3. The fourth-order valence-electron chi connectivity index (χ4n) is 4.69. The highest BCUT2D eigenvalue weighted by Crippen LogP contribution is 2.41. The first kappa shape index (κ1) is 27.0. The van der Waals surface area contributed by atoms with Gasteiger partial charge in [-0.05, 0) is 66.8 Å². The van der Waals surface area contributed by atoms with Crippen LogP contribution in [-0.4, -0.2) is 26.2 Å². The lowest BCUT2D eigenvalue weighted by Crippen LogP contribution is -2.27. The van der Waals surface area contributed by atoms with E-state index in [1.165, 1.54) is 55.3 Å². The van der Waals surface area contributed by atoms with Gasteiger partial charge in [0, 0.05) is 6.20 Å². The van der Waals surface area contributed by atoms with Crippen LogP contribution < -0.4 is 9.64 Å². The zero-order chi connectivity index (χ0) is 27.3. The fraction of sp³-hybridized carbons (Fsp3) is 0.310. The van der Waals surface area contributed by atoms with Crippen LogP contribution in [0.25, 0.3) is 0 Å². The molecule has 0 aromatic heterocycles. The van der Waals surface area contributed by atoms with E-state index in [-0.39, 0.29) is 22.7 Å². The summed E-state index contributed by atoms with van der Waals surface area (Å²) in [6.07, 6.45) is 6.85. The molecule has 0 N–H and O–H groups in total. The Hall–Kier alpha value is -4.01. The second kappa shape index (κ2) is 11.6. The Balaban J connectivity index is 1.78. The molecule has 2 aromatic carbocycles. The van der Waals surface area contributed by atoms with Crippen LogP contribution in [0.5, 0.6) is 11.5 Å². The highest BCUT2D eigenvalue weighted by atomic mass is 19.4. The molecule has 0 radical (unpaired) electrons.